The minimum Gasteiger partial charge on any atom is -0.0622 e. The Morgan fingerprint density at radius 3 is 1.59 bits per heavy atom. The molecule has 4 aromatic carbocycles. The van der Waals surface area contributed by atoms with Gasteiger partial charge in [0.15, 0.2) is 0 Å². The summed E-state index contributed by atoms with van der Waals surface area (Å²) < 4.78 is 0. The van der Waals surface area contributed by atoms with Gasteiger partial charge in [-0.2, -0.15) is 0 Å². The first kappa shape index (κ1) is 18.4. The Morgan fingerprint density at radius 2 is 0.966 bits per heavy atom. The summed E-state index contributed by atoms with van der Waals surface area (Å²) in [4.78, 5) is 0. The highest BCUT2D eigenvalue weighted by molar-refractivity contribution is 5.77. The molecular weight excluding hydrogens is 348 g/mol. The molecule has 0 spiro atoms. The fraction of sp³-hybridized carbons (Fsp3) is 0.0345. The van der Waals surface area contributed by atoms with Crippen LogP contribution in [0.4, 0.5) is 0 Å². The van der Waals surface area contributed by atoms with E-state index in [0.29, 0.717) is 0 Å². The lowest BCUT2D eigenvalue weighted by Gasteiger charge is -2.09. The highest BCUT2D eigenvalue weighted by Gasteiger charge is 2.08. The molecule has 4 aromatic rings. The molecule has 0 atom stereocenters. The molecule has 0 fully saturated rings. The van der Waals surface area contributed by atoms with Crippen molar-refractivity contribution in [2.45, 2.75) is 6.92 Å². The van der Waals surface area contributed by atoms with E-state index in [4.69, 9.17) is 0 Å². The van der Waals surface area contributed by atoms with Gasteiger partial charge in [-0.05, 0) is 54.4 Å². The fourth-order valence-corrected chi connectivity index (χ4v) is 3.14. The molecule has 0 N–H and O–H groups in total. The summed E-state index contributed by atoms with van der Waals surface area (Å²) in [6.07, 6.45) is 0. The quantitative estimate of drug-likeness (QED) is 0.338. The second-order valence-electron chi connectivity index (χ2n) is 6.83. The lowest BCUT2D eigenvalue weighted by molar-refractivity contribution is 1.44. The topological polar surface area (TPSA) is 0 Å². The zero-order chi connectivity index (χ0) is 19.9. The summed E-state index contributed by atoms with van der Waals surface area (Å²) in [5.41, 5.74) is 7.46. The maximum atomic E-state index is 3.36. The van der Waals surface area contributed by atoms with Gasteiger partial charge in [0.05, 0.1) is 0 Å². The first-order valence-corrected chi connectivity index (χ1v) is 9.64. The Bertz CT molecular complexity index is 1240. The second kappa shape index (κ2) is 8.79. The van der Waals surface area contributed by atoms with Crippen LogP contribution in [0, 0.1) is 30.6 Å². The minimum absolute atomic E-state index is 1.00. The maximum Gasteiger partial charge on any atom is 0.0328 e. The molecule has 0 aliphatic carbocycles. The van der Waals surface area contributed by atoms with Crippen LogP contribution in [-0.2, 0) is 0 Å². The van der Waals surface area contributed by atoms with E-state index >= 15 is 0 Å². The minimum atomic E-state index is 1.00. The van der Waals surface area contributed by atoms with Crippen molar-refractivity contribution < 1.29 is 0 Å². The maximum absolute atomic E-state index is 3.36. The van der Waals surface area contributed by atoms with Gasteiger partial charge in [0, 0.05) is 22.3 Å². The molecule has 0 saturated heterocycles. The van der Waals surface area contributed by atoms with Crippen molar-refractivity contribution in [3.05, 3.63) is 131 Å². The molecule has 0 unspecified atom stereocenters. The molecule has 0 amide bonds. The average molecular weight is 368 g/mol. The molecule has 0 radical (unpaired) electrons. The van der Waals surface area contributed by atoms with Gasteiger partial charge in [0.2, 0.25) is 0 Å². The van der Waals surface area contributed by atoms with E-state index < -0.39 is 0 Å². The third kappa shape index (κ3) is 4.65. The van der Waals surface area contributed by atoms with Crippen LogP contribution in [0.2, 0.25) is 0 Å². The van der Waals surface area contributed by atoms with Crippen molar-refractivity contribution in [2.24, 2.45) is 0 Å². The van der Waals surface area contributed by atoms with Crippen molar-refractivity contribution in [3.63, 3.8) is 0 Å². The molecule has 0 aliphatic heterocycles. The second-order valence-corrected chi connectivity index (χ2v) is 6.83. The molecule has 0 nitrogen and oxygen atoms in total. The van der Waals surface area contributed by atoms with Crippen LogP contribution < -0.4 is 0 Å². The molecule has 0 bridgehead atoms. The molecule has 136 valence electrons. The lowest BCUT2D eigenvalue weighted by atomic mass is 9.94. The predicted molar refractivity (Wildman–Crippen MR) is 121 cm³/mol. The summed E-state index contributed by atoms with van der Waals surface area (Å²) in [5, 5.41) is 0. The van der Waals surface area contributed by atoms with E-state index in [2.05, 4.69) is 67.0 Å². The first-order chi connectivity index (χ1) is 14.3. The van der Waals surface area contributed by atoms with E-state index in [-0.39, 0.29) is 0 Å². The van der Waals surface area contributed by atoms with E-state index in [1.807, 2.05) is 66.7 Å². The van der Waals surface area contributed by atoms with Gasteiger partial charge in [-0.3, -0.25) is 0 Å². The van der Waals surface area contributed by atoms with Crippen molar-refractivity contribution in [1.29, 1.82) is 0 Å². The van der Waals surface area contributed by atoms with Crippen LogP contribution in [0.15, 0.2) is 103 Å². The highest BCUT2D eigenvalue weighted by atomic mass is 14.1. The normalized spacial score (nSPS) is 9.69. The molecule has 0 aromatic heterocycles. The van der Waals surface area contributed by atoms with Crippen LogP contribution in [0.1, 0.15) is 27.8 Å². The van der Waals surface area contributed by atoms with Gasteiger partial charge in [0.1, 0.15) is 0 Å². The van der Waals surface area contributed by atoms with Gasteiger partial charge in [-0.25, -0.2) is 0 Å². The number of aryl methyl sites for hydroxylation is 1. The van der Waals surface area contributed by atoms with Gasteiger partial charge in [-0.15, -0.1) is 0 Å². The van der Waals surface area contributed by atoms with Crippen molar-refractivity contribution in [2.75, 3.05) is 0 Å². The highest BCUT2D eigenvalue weighted by Crippen LogP contribution is 2.27. The lowest BCUT2D eigenvalue weighted by Crippen LogP contribution is -1.90. The van der Waals surface area contributed by atoms with Gasteiger partial charge >= 0.3 is 0 Å². The number of hydrogen-bond donors (Lipinski definition) is 0. The molecule has 0 heteroatoms. The third-order valence-electron chi connectivity index (χ3n) is 4.62. The van der Waals surface area contributed by atoms with Crippen LogP contribution in [0.3, 0.4) is 0 Å². The summed E-state index contributed by atoms with van der Waals surface area (Å²) in [6, 6.07) is 34.8. The van der Waals surface area contributed by atoms with E-state index in [1.54, 1.807) is 0 Å². The van der Waals surface area contributed by atoms with Gasteiger partial charge in [0.25, 0.3) is 0 Å². The Hall–Kier alpha value is -4.00. The zero-order valence-electron chi connectivity index (χ0n) is 16.3. The number of rotatable bonds is 1. The number of hydrogen-bond acceptors (Lipinski definition) is 0. The predicted octanol–water partition coefficient (Wildman–Crippen LogP) is 6.46. The Balaban J connectivity index is 1.79. The Morgan fingerprint density at radius 1 is 0.448 bits per heavy atom. The van der Waals surface area contributed by atoms with E-state index in [9.17, 15) is 0 Å². The Labute approximate surface area is 172 Å². The smallest absolute Gasteiger partial charge is 0.0328 e. The van der Waals surface area contributed by atoms with Gasteiger partial charge < -0.3 is 0 Å². The third-order valence-corrected chi connectivity index (χ3v) is 4.62. The van der Waals surface area contributed by atoms with Crippen molar-refractivity contribution in [1.82, 2.24) is 0 Å². The summed E-state index contributed by atoms with van der Waals surface area (Å²) >= 11 is 0. The molecule has 0 saturated carbocycles. The monoisotopic (exact) mass is 368 g/mol. The Kier molecular flexibility index (Phi) is 5.57. The molecule has 4 rings (SSSR count). The summed E-state index contributed by atoms with van der Waals surface area (Å²) in [7, 11) is 0. The van der Waals surface area contributed by atoms with E-state index in [1.165, 1.54) is 5.56 Å². The SMILES string of the molecule is Cc1ccc(C#Cc2ccccc2)c(-c2ccccc2C#Cc2ccccc2)c1. The van der Waals surface area contributed by atoms with E-state index in [0.717, 1.165) is 33.4 Å². The number of benzene rings is 4. The molecule has 29 heavy (non-hydrogen) atoms. The van der Waals surface area contributed by atoms with Crippen LogP contribution in [0.5, 0.6) is 0 Å². The molecule has 0 heterocycles. The summed E-state index contributed by atoms with van der Waals surface area (Å²) in [6.45, 7) is 2.11. The standard InChI is InChI=1S/C29H20/c1-23-16-19-27(21-18-25-12-6-3-7-13-25)29(22-23)28-15-9-8-14-26(28)20-17-24-10-4-2-5-11-24/h2-16,19,22H,1H3. The van der Waals surface area contributed by atoms with Crippen molar-refractivity contribution >= 4 is 0 Å². The van der Waals surface area contributed by atoms with Crippen LogP contribution in [-0.4, -0.2) is 0 Å². The van der Waals surface area contributed by atoms with Crippen LogP contribution in [0.25, 0.3) is 11.1 Å². The largest absolute Gasteiger partial charge is 0.0622 e. The first-order valence-electron chi connectivity index (χ1n) is 9.64. The van der Waals surface area contributed by atoms with Gasteiger partial charge in [-0.1, -0.05) is 96.0 Å². The summed E-state index contributed by atoms with van der Waals surface area (Å²) in [5.74, 6) is 13.3. The average Bonchev–Trinajstić information content (AvgIpc) is 2.78. The molecule has 0 aliphatic rings. The molecular formula is C29H20. The fourth-order valence-electron chi connectivity index (χ4n) is 3.14. The van der Waals surface area contributed by atoms with Crippen molar-refractivity contribution in [3.8, 4) is 34.8 Å². The van der Waals surface area contributed by atoms with Crippen LogP contribution >= 0.6 is 0 Å². The zero-order valence-corrected chi connectivity index (χ0v) is 16.3.